The lowest BCUT2D eigenvalue weighted by atomic mass is 10.1. The Morgan fingerprint density at radius 2 is 1.97 bits per heavy atom. The topological polar surface area (TPSA) is 99.1 Å². The maximum atomic E-state index is 11.6. The monoisotopic (exact) mass is 415 g/mol. The number of ether oxygens (including phenoxy) is 2. The Morgan fingerprint density at radius 3 is 2.59 bits per heavy atom. The summed E-state index contributed by atoms with van der Waals surface area (Å²) >= 11 is 1.02. The summed E-state index contributed by atoms with van der Waals surface area (Å²) in [7, 11) is 1.56. The zero-order chi connectivity index (χ0) is 20.6. The summed E-state index contributed by atoms with van der Waals surface area (Å²) in [6, 6.07) is 11.0. The Bertz CT molecular complexity index is 884. The first-order valence-corrected chi connectivity index (χ1v) is 9.83. The number of pyridine rings is 1. The van der Waals surface area contributed by atoms with E-state index in [0.717, 1.165) is 22.9 Å². The molecular weight excluding hydrogens is 394 g/mol. The zero-order valence-corrected chi connectivity index (χ0v) is 16.9. The molecule has 0 radical (unpaired) electrons. The molecule has 1 unspecified atom stereocenters. The van der Waals surface area contributed by atoms with Crippen LogP contribution in [0.5, 0.6) is 11.6 Å². The van der Waals surface area contributed by atoms with Crippen LogP contribution in [0.2, 0.25) is 0 Å². The number of carbonyl (C=O) groups excluding carboxylic acids is 2. The Kier molecular flexibility index (Phi) is 7.07. The molecule has 0 bridgehead atoms. The van der Waals surface area contributed by atoms with Crippen LogP contribution < -0.4 is 14.8 Å². The number of benzene rings is 1. The minimum Gasteiger partial charge on any atom is -0.490 e. The van der Waals surface area contributed by atoms with E-state index in [1.807, 2.05) is 37.3 Å². The molecule has 1 fully saturated rings. The first kappa shape index (κ1) is 20.7. The van der Waals surface area contributed by atoms with Crippen LogP contribution in [0.15, 0.2) is 47.8 Å². The number of rotatable bonds is 9. The van der Waals surface area contributed by atoms with Gasteiger partial charge >= 0.3 is 0 Å². The van der Waals surface area contributed by atoms with E-state index in [0.29, 0.717) is 37.0 Å². The van der Waals surface area contributed by atoms with Crippen LogP contribution in [0.1, 0.15) is 18.1 Å². The Hall–Kier alpha value is -3.07. The number of hydrogen-bond donors (Lipinski definition) is 1. The summed E-state index contributed by atoms with van der Waals surface area (Å²) < 4.78 is 10.6. The van der Waals surface area contributed by atoms with Crippen LogP contribution in [0.3, 0.4) is 0 Å². The van der Waals surface area contributed by atoms with Gasteiger partial charge < -0.3 is 14.3 Å². The molecule has 1 saturated heterocycles. The zero-order valence-electron chi connectivity index (χ0n) is 16.1. The van der Waals surface area contributed by atoms with Gasteiger partial charge in [-0.1, -0.05) is 29.1 Å². The standard InChI is InChI=1S/C20H21N3O5S/c1-13(15-5-8-18(26-2)21-12-15)23-28-10-9-27-16-6-3-14(4-7-16)11-17-19(24)22-20(25)29-17/h3-8,12,17H,9-11H2,1-2H3,(H,22,24,25)/b23-13-. The van der Waals surface area contributed by atoms with E-state index in [2.05, 4.69) is 15.5 Å². The number of nitrogens with zero attached hydrogens (tertiary/aromatic N) is 2. The smallest absolute Gasteiger partial charge is 0.286 e. The third-order valence-electron chi connectivity index (χ3n) is 4.12. The van der Waals surface area contributed by atoms with Gasteiger partial charge in [0.15, 0.2) is 6.61 Å². The first-order valence-electron chi connectivity index (χ1n) is 8.95. The van der Waals surface area contributed by atoms with Crippen molar-refractivity contribution in [3.63, 3.8) is 0 Å². The van der Waals surface area contributed by atoms with Crippen LogP contribution in [0, 0.1) is 0 Å². The summed E-state index contributed by atoms with van der Waals surface area (Å²) in [5.41, 5.74) is 2.51. The van der Waals surface area contributed by atoms with E-state index >= 15 is 0 Å². The Labute approximate surface area is 172 Å². The molecule has 8 nitrogen and oxygen atoms in total. The van der Waals surface area contributed by atoms with Crippen molar-refractivity contribution in [2.24, 2.45) is 5.16 Å². The van der Waals surface area contributed by atoms with Crippen LogP contribution in [-0.2, 0) is 16.1 Å². The summed E-state index contributed by atoms with van der Waals surface area (Å²) in [4.78, 5) is 32.2. The molecular formula is C20H21N3O5S. The van der Waals surface area contributed by atoms with Gasteiger partial charge in [-0.25, -0.2) is 4.98 Å². The second-order valence-electron chi connectivity index (χ2n) is 6.18. The maximum Gasteiger partial charge on any atom is 0.286 e. The average molecular weight is 415 g/mol. The van der Waals surface area contributed by atoms with Gasteiger partial charge in [0.05, 0.1) is 18.1 Å². The molecule has 1 aliphatic heterocycles. The minimum absolute atomic E-state index is 0.237. The van der Waals surface area contributed by atoms with E-state index in [-0.39, 0.29) is 16.4 Å². The van der Waals surface area contributed by atoms with E-state index < -0.39 is 0 Å². The van der Waals surface area contributed by atoms with Crippen molar-refractivity contribution in [3.05, 3.63) is 53.7 Å². The number of nitrogens with one attached hydrogen (secondary N) is 1. The molecule has 1 atom stereocenters. The summed E-state index contributed by atoms with van der Waals surface area (Å²) in [5, 5.41) is 5.68. The van der Waals surface area contributed by atoms with Crippen LogP contribution in [0.4, 0.5) is 4.79 Å². The van der Waals surface area contributed by atoms with E-state index in [1.165, 1.54) is 0 Å². The van der Waals surface area contributed by atoms with Gasteiger partial charge in [-0.2, -0.15) is 0 Å². The maximum absolute atomic E-state index is 11.6. The average Bonchev–Trinajstić information content (AvgIpc) is 3.05. The highest BCUT2D eigenvalue weighted by molar-refractivity contribution is 8.15. The molecule has 1 N–H and O–H groups in total. The van der Waals surface area contributed by atoms with Gasteiger partial charge in [-0.15, -0.1) is 0 Å². The number of oxime groups is 1. The summed E-state index contributed by atoms with van der Waals surface area (Å²) in [6.07, 6.45) is 2.17. The first-order chi connectivity index (χ1) is 14.0. The second kappa shape index (κ2) is 9.92. The molecule has 3 rings (SSSR count). The van der Waals surface area contributed by atoms with Crippen molar-refractivity contribution in [1.82, 2.24) is 10.3 Å². The number of hydrogen-bond acceptors (Lipinski definition) is 8. The Morgan fingerprint density at radius 1 is 1.17 bits per heavy atom. The van der Waals surface area contributed by atoms with Crippen molar-refractivity contribution in [1.29, 1.82) is 0 Å². The fourth-order valence-corrected chi connectivity index (χ4v) is 3.43. The lowest BCUT2D eigenvalue weighted by molar-refractivity contribution is -0.118. The molecule has 152 valence electrons. The fourth-order valence-electron chi connectivity index (χ4n) is 2.57. The molecule has 2 amide bonds. The molecule has 0 aliphatic carbocycles. The number of carbonyl (C=O) groups is 2. The lowest BCUT2D eigenvalue weighted by Gasteiger charge is -2.08. The van der Waals surface area contributed by atoms with E-state index in [4.69, 9.17) is 14.3 Å². The third kappa shape index (κ3) is 5.95. The van der Waals surface area contributed by atoms with Crippen molar-refractivity contribution in [3.8, 4) is 11.6 Å². The third-order valence-corrected chi connectivity index (χ3v) is 5.10. The largest absolute Gasteiger partial charge is 0.490 e. The number of methoxy groups -OCH3 is 1. The van der Waals surface area contributed by atoms with Crippen molar-refractivity contribution in [2.45, 2.75) is 18.6 Å². The number of imide groups is 1. The molecule has 2 aromatic rings. The SMILES string of the molecule is COc1ccc(/C(C)=N\OCCOc2ccc(CC3SC(=O)NC3=O)cc2)cn1. The molecule has 1 aromatic carbocycles. The Balaban J connectivity index is 1.40. The van der Waals surface area contributed by atoms with E-state index in [9.17, 15) is 9.59 Å². The highest BCUT2D eigenvalue weighted by atomic mass is 32.2. The fraction of sp³-hybridized carbons (Fsp3) is 0.300. The normalized spacial score (nSPS) is 16.5. The molecule has 1 aliphatic rings. The quantitative estimate of drug-likeness (QED) is 0.382. The van der Waals surface area contributed by atoms with Crippen molar-refractivity contribution in [2.75, 3.05) is 20.3 Å². The number of thioether (sulfide) groups is 1. The van der Waals surface area contributed by atoms with Crippen LogP contribution in [-0.4, -0.2) is 47.4 Å². The van der Waals surface area contributed by atoms with Gasteiger partial charge in [0, 0.05) is 17.8 Å². The van der Waals surface area contributed by atoms with Crippen molar-refractivity contribution >= 4 is 28.6 Å². The molecule has 29 heavy (non-hydrogen) atoms. The number of amides is 2. The second-order valence-corrected chi connectivity index (χ2v) is 7.35. The molecule has 1 aromatic heterocycles. The molecule has 2 heterocycles. The summed E-state index contributed by atoms with van der Waals surface area (Å²) in [6.45, 7) is 2.47. The number of aromatic nitrogens is 1. The predicted molar refractivity (Wildman–Crippen MR) is 110 cm³/mol. The van der Waals surface area contributed by atoms with Gasteiger partial charge in [-0.3, -0.25) is 14.9 Å². The summed E-state index contributed by atoms with van der Waals surface area (Å²) in [5.74, 6) is 0.997. The van der Waals surface area contributed by atoms with Gasteiger partial charge in [0.25, 0.3) is 5.24 Å². The van der Waals surface area contributed by atoms with Gasteiger partial charge in [0.2, 0.25) is 11.8 Å². The molecule has 0 spiro atoms. The highest BCUT2D eigenvalue weighted by Gasteiger charge is 2.31. The van der Waals surface area contributed by atoms with E-state index in [1.54, 1.807) is 19.4 Å². The van der Waals surface area contributed by atoms with Crippen molar-refractivity contribution < 1.29 is 23.9 Å². The minimum atomic E-state index is -0.371. The van der Waals surface area contributed by atoms with Crippen LogP contribution in [0.25, 0.3) is 0 Å². The van der Waals surface area contributed by atoms with Crippen LogP contribution >= 0.6 is 11.8 Å². The highest BCUT2D eigenvalue weighted by Crippen LogP contribution is 2.23. The van der Waals surface area contributed by atoms with Gasteiger partial charge in [-0.05, 0) is 37.1 Å². The van der Waals surface area contributed by atoms with Gasteiger partial charge in [0.1, 0.15) is 12.4 Å². The molecule has 0 saturated carbocycles. The predicted octanol–water partition coefficient (Wildman–Crippen LogP) is 2.80. The lowest BCUT2D eigenvalue weighted by Crippen LogP contribution is -2.25. The molecule has 9 heteroatoms.